The largest absolute Gasteiger partial charge is 0.458 e. The van der Waals surface area contributed by atoms with Gasteiger partial charge in [-0.25, -0.2) is 0 Å². The summed E-state index contributed by atoms with van der Waals surface area (Å²) in [7, 11) is 0. The first-order valence-electron chi connectivity index (χ1n) is 9.92. The molecule has 0 aromatic rings. The molecule has 0 unspecified atom stereocenters. The number of esters is 1. The molecule has 2 rings (SSSR count). The van der Waals surface area contributed by atoms with Crippen molar-refractivity contribution in [3.8, 4) is 0 Å². The molecule has 0 saturated carbocycles. The van der Waals surface area contributed by atoms with Crippen molar-refractivity contribution in [3.05, 3.63) is 85.1 Å². The molecule has 156 valence electrons. The molecule has 2 saturated heterocycles. The molecule has 2 fully saturated rings. The number of ether oxygens (including phenoxy) is 2. The Balaban J connectivity index is 2.11. The second-order valence-electron chi connectivity index (χ2n) is 7.81. The number of carbonyl (C=O) groups is 1. The summed E-state index contributed by atoms with van der Waals surface area (Å²) in [6.45, 7) is 21.8. The smallest absolute Gasteiger partial charge is 0.306 e. The highest BCUT2D eigenvalue weighted by Gasteiger charge is 2.47. The Bertz CT molecular complexity index is 768. The average molecular weight is 397 g/mol. The van der Waals surface area contributed by atoms with Crippen molar-refractivity contribution < 1.29 is 19.4 Å². The Kier molecular flexibility index (Phi) is 8.18. The summed E-state index contributed by atoms with van der Waals surface area (Å²) < 4.78 is 11.3. The zero-order chi connectivity index (χ0) is 21.6. The quantitative estimate of drug-likeness (QED) is 0.318. The summed E-state index contributed by atoms with van der Waals surface area (Å²) in [4.78, 5) is 12.3. The number of hydrogen-bond acceptors (Lipinski definition) is 4. The lowest BCUT2D eigenvalue weighted by Gasteiger charge is -2.18. The van der Waals surface area contributed by atoms with Crippen LogP contribution in [0.15, 0.2) is 85.1 Å². The predicted molar refractivity (Wildman–Crippen MR) is 117 cm³/mol. The number of hydrogen-bond donors (Lipinski definition) is 1. The molecule has 0 bridgehead atoms. The Morgan fingerprint density at radius 2 is 1.86 bits per heavy atom. The van der Waals surface area contributed by atoms with E-state index in [2.05, 4.69) is 32.9 Å². The Morgan fingerprint density at radius 1 is 1.14 bits per heavy atom. The number of cyclic esters (lactones) is 1. The first-order chi connectivity index (χ1) is 13.7. The van der Waals surface area contributed by atoms with Crippen molar-refractivity contribution >= 4 is 5.97 Å². The zero-order valence-corrected chi connectivity index (χ0v) is 17.4. The van der Waals surface area contributed by atoms with E-state index < -0.39 is 12.2 Å². The summed E-state index contributed by atoms with van der Waals surface area (Å²) in [5.74, 6) is -0.289. The molecular weight excluding hydrogens is 364 g/mol. The molecule has 4 nitrogen and oxygen atoms in total. The van der Waals surface area contributed by atoms with Crippen molar-refractivity contribution in [2.24, 2.45) is 0 Å². The van der Waals surface area contributed by atoms with Crippen molar-refractivity contribution in [2.75, 3.05) is 0 Å². The van der Waals surface area contributed by atoms with Gasteiger partial charge in [0, 0.05) is 12.8 Å². The van der Waals surface area contributed by atoms with Gasteiger partial charge in [0.2, 0.25) is 0 Å². The standard InChI is InChI=1S/C25H32O4/c1-16(2)10-8-7-9-11-21-15-20(6)24-25(29-24)23(27)19(5)14-18(4)17(3)12-13-22(26)28-21/h8-11,21,23-25,27H,1,3-7,12-15H2,2H3/b10-8+,11-9+/t21-,23-,24+,25+/m1/s1. The van der Waals surface area contributed by atoms with Gasteiger partial charge in [0.15, 0.2) is 0 Å². The van der Waals surface area contributed by atoms with E-state index in [1.807, 2.05) is 31.2 Å². The van der Waals surface area contributed by atoms with Crippen LogP contribution in [0.3, 0.4) is 0 Å². The van der Waals surface area contributed by atoms with E-state index in [1.54, 1.807) is 0 Å². The molecule has 0 aromatic carbocycles. The lowest BCUT2D eigenvalue weighted by molar-refractivity contribution is -0.146. The molecule has 29 heavy (non-hydrogen) atoms. The van der Waals surface area contributed by atoms with Crippen LogP contribution in [0.1, 0.15) is 39.0 Å². The highest BCUT2D eigenvalue weighted by molar-refractivity contribution is 5.70. The number of fused-ring (bicyclic) bond motifs is 1. The SMILES string of the molecule is C=C(C)/C=C/C/C=C/[C@@H]1CC(=C)[C@@H]2O[C@H]2[C@H](O)C(=C)CC(=C)C(=C)CCC(=O)O1. The number of epoxide rings is 1. The highest BCUT2D eigenvalue weighted by atomic mass is 16.6. The van der Waals surface area contributed by atoms with Gasteiger partial charge in [0.25, 0.3) is 0 Å². The number of allylic oxidation sites excluding steroid dienone is 6. The molecule has 0 spiro atoms. The summed E-state index contributed by atoms with van der Waals surface area (Å²) in [5, 5.41) is 10.5. The zero-order valence-electron chi connectivity index (χ0n) is 17.4. The van der Waals surface area contributed by atoms with Crippen LogP contribution >= 0.6 is 0 Å². The third kappa shape index (κ3) is 7.15. The molecule has 2 aliphatic heterocycles. The molecule has 0 aliphatic carbocycles. The lowest BCUT2D eigenvalue weighted by atomic mass is 9.92. The fourth-order valence-electron chi connectivity index (χ4n) is 3.19. The second-order valence-corrected chi connectivity index (χ2v) is 7.81. The van der Waals surface area contributed by atoms with E-state index in [0.717, 1.165) is 22.3 Å². The Labute approximate surface area is 174 Å². The van der Waals surface area contributed by atoms with Crippen LogP contribution in [-0.4, -0.2) is 35.5 Å². The fourth-order valence-corrected chi connectivity index (χ4v) is 3.19. The molecule has 2 aliphatic rings. The minimum absolute atomic E-state index is 0.224. The van der Waals surface area contributed by atoms with Crippen LogP contribution in [0.5, 0.6) is 0 Å². The summed E-state index contributed by atoms with van der Waals surface area (Å²) in [5.41, 5.74) is 3.94. The molecule has 4 atom stereocenters. The molecule has 1 N–H and O–H groups in total. The van der Waals surface area contributed by atoms with E-state index in [9.17, 15) is 9.90 Å². The van der Waals surface area contributed by atoms with Crippen LogP contribution in [0.4, 0.5) is 0 Å². The van der Waals surface area contributed by atoms with Gasteiger partial charge >= 0.3 is 5.97 Å². The number of rotatable bonds is 4. The maximum absolute atomic E-state index is 12.3. The van der Waals surface area contributed by atoms with E-state index >= 15 is 0 Å². The molecular formula is C25H32O4. The molecule has 2 heterocycles. The summed E-state index contributed by atoms with van der Waals surface area (Å²) in [6.07, 6.45) is 8.19. The van der Waals surface area contributed by atoms with Gasteiger partial charge in [-0.1, -0.05) is 62.3 Å². The van der Waals surface area contributed by atoms with Crippen molar-refractivity contribution in [1.29, 1.82) is 0 Å². The van der Waals surface area contributed by atoms with Crippen LogP contribution in [0.2, 0.25) is 0 Å². The number of carbonyl (C=O) groups excluding carboxylic acids is 1. The van der Waals surface area contributed by atoms with E-state index in [0.29, 0.717) is 31.3 Å². The van der Waals surface area contributed by atoms with Gasteiger partial charge in [0.1, 0.15) is 24.4 Å². The maximum atomic E-state index is 12.3. The van der Waals surface area contributed by atoms with Gasteiger partial charge in [-0.2, -0.15) is 0 Å². The first-order valence-corrected chi connectivity index (χ1v) is 9.92. The molecule has 4 heteroatoms. The number of aliphatic hydroxyl groups is 1. The maximum Gasteiger partial charge on any atom is 0.306 e. The van der Waals surface area contributed by atoms with Gasteiger partial charge < -0.3 is 14.6 Å². The van der Waals surface area contributed by atoms with E-state index in [4.69, 9.17) is 9.47 Å². The fraction of sp³-hybridized carbons (Fsp3) is 0.400. The summed E-state index contributed by atoms with van der Waals surface area (Å²) >= 11 is 0. The van der Waals surface area contributed by atoms with Crippen LogP contribution < -0.4 is 0 Å². The average Bonchev–Trinajstić information content (AvgIpc) is 3.44. The predicted octanol–water partition coefficient (Wildman–Crippen LogP) is 4.90. The van der Waals surface area contributed by atoms with Crippen molar-refractivity contribution in [3.63, 3.8) is 0 Å². The van der Waals surface area contributed by atoms with Gasteiger partial charge in [-0.05, 0) is 49.0 Å². The number of aliphatic hydroxyl groups excluding tert-OH is 1. The van der Waals surface area contributed by atoms with Gasteiger partial charge in [0.05, 0.1) is 0 Å². The lowest BCUT2D eigenvalue weighted by Crippen LogP contribution is -2.23. The van der Waals surface area contributed by atoms with Gasteiger partial charge in [-0.3, -0.25) is 4.79 Å². The third-order valence-corrected chi connectivity index (χ3v) is 5.00. The highest BCUT2D eigenvalue weighted by Crippen LogP contribution is 2.37. The van der Waals surface area contributed by atoms with Crippen LogP contribution in [0, 0.1) is 0 Å². The van der Waals surface area contributed by atoms with E-state index in [1.165, 1.54) is 0 Å². The second kappa shape index (κ2) is 10.4. The monoisotopic (exact) mass is 396 g/mol. The van der Waals surface area contributed by atoms with Crippen molar-refractivity contribution in [2.45, 2.75) is 63.4 Å². The minimum Gasteiger partial charge on any atom is -0.458 e. The first kappa shape index (κ1) is 22.9. The normalized spacial score (nSPS) is 29.7. The Hall–Kier alpha value is -2.43. The Morgan fingerprint density at radius 3 is 2.55 bits per heavy atom. The van der Waals surface area contributed by atoms with E-state index in [-0.39, 0.29) is 24.6 Å². The third-order valence-electron chi connectivity index (χ3n) is 5.00. The van der Waals surface area contributed by atoms with Crippen molar-refractivity contribution in [1.82, 2.24) is 0 Å². The van der Waals surface area contributed by atoms with Crippen LogP contribution in [-0.2, 0) is 14.3 Å². The molecule has 0 amide bonds. The topological polar surface area (TPSA) is 59.1 Å². The molecule has 0 radical (unpaired) electrons. The molecule has 0 aromatic heterocycles. The van der Waals surface area contributed by atoms with Gasteiger partial charge in [-0.15, -0.1) is 0 Å². The minimum atomic E-state index is -0.784. The van der Waals surface area contributed by atoms with Crippen LogP contribution in [0.25, 0.3) is 0 Å². The summed E-state index contributed by atoms with van der Waals surface area (Å²) in [6, 6.07) is 0.